The summed E-state index contributed by atoms with van der Waals surface area (Å²) in [5, 5.41) is 0.795. The first-order valence-corrected chi connectivity index (χ1v) is 9.88. The number of aryl methyl sites for hydroxylation is 1. The van der Waals surface area contributed by atoms with Crippen molar-refractivity contribution in [2.45, 2.75) is 40.2 Å². The van der Waals surface area contributed by atoms with Crippen molar-refractivity contribution in [1.29, 1.82) is 0 Å². The third-order valence-electron chi connectivity index (χ3n) is 4.99. The van der Waals surface area contributed by atoms with Gasteiger partial charge in [-0.05, 0) is 44.0 Å². The maximum Gasteiger partial charge on any atom is 0.265 e. The Morgan fingerprint density at radius 2 is 1.89 bits per heavy atom. The van der Waals surface area contributed by atoms with Gasteiger partial charge in [-0.3, -0.25) is 14.2 Å². The summed E-state index contributed by atoms with van der Waals surface area (Å²) in [6.07, 6.45) is 3.60. The van der Waals surface area contributed by atoms with E-state index in [1.165, 1.54) is 0 Å². The van der Waals surface area contributed by atoms with Gasteiger partial charge in [0, 0.05) is 24.7 Å². The number of amides is 1. The van der Waals surface area contributed by atoms with Crippen molar-refractivity contribution in [3.63, 3.8) is 0 Å². The van der Waals surface area contributed by atoms with E-state index >= 15 is 0 Å². The molecule has 5 nitrogen and oxygen atoms in total. The molecule has 2 heterocycles. The number of pyridine rings is 2. The molecule has 1 aromatic carbocycles. The maximum atomic E-state index is 13.3. The van der Waals surface area contributed by atoms with Crippen molar-refractivity contribution in [2.75, 3.05) is 13.1 Å². The van der Waals surface area contributed by atoms with Gasteiger partial charge in [-0.2, -0.15) is 0 Å². The first-order chi connectivity index (χ1) is 13.5. The number of rotatable bonds is 7. The van der Waals surface area contributed by atoms with Crippen LogP contribution in [0.2, 0.25) is 0 Å². The van der Waals surface area contributed by atoms with Crippen molar-refractivity contribution in [2.24, 2.45) is 0 Å². The zero-order chi connectivity index (χ0) is 20.1. The van der Waals surface area contributed by atoms with E-state index in [2.05, 4.69) is 11.9 Å². The lowest BCUT2D eigenvalue weighted by Crippen LogP contribution is -2.37. The van der Waals surface area contributed by atoms with Gasteiger partial charge in [0.25, 0.3) is 11.5 Å². The van der Waals surface area contributed by atoms with Crippen molar-refractivity contribution < 1.29 is 4.79 Å². The molecule has 2 aromatic heterocycles. The second kappa shape index (κ2) is 8.83. The number of hydrogen-bond acceptors (Lipinski definition) is 3. The van der Waals surface area contributed by atoms with Crippen molar-refractivity contribution in [3.8, 4) is 0 Å². The van der Waals surface area contributed by atoms with Gasteiger partial charge in [-0.1, -0.05) is 43.2 Å². The van der Waals surface area contributed by atoms with E-state index in [1.54, 1.807) is 21.7 Å². The molecule has 3 rings (SSSR count). The second-order valence-corrected chi connectivity index (χ2v) is 7.09. The van der Waals surface area contributed by atoms with Gasteiger partial charge in [0.2, 0.25) is 0 Å². The molecule has 5 heteroatoms. The van der Waals surface area contributed by atoms with Gasteiger partial charge < -0.3 is 4.90 Å². The van der Waals surface area contributed by atoms with Gasteiger partial charge >= 0.3 is 0 Å². The van der Waals surface area contributed by atoms with Crippen molar-refractivity contribution in [1.82, 2.24) is 14.5 Å². The fourth-order valence-corrected chi connectivity index (χ4v) is 3.30. The first kappa shape index (κ1) is 19.8. The summed E-state index contributed by atoms with van der Waals surface area (Å²) in [4.78, 5) is 32.5. The molecule has 0 saturated heterocycles. The molecule has 0 bridgehead atoms. The number of nitrogens with zero attached hydrogens (tertiary/aromatic N) is 3. The van der Waals surface area contributed by atoms with Crippen LogP contribution in [-0.4, -0.2) is 33.4 Å². The fourth-order valence-electron chi connectivity index (χ4n) is 3.30. The molecule has 146 valence electrons. The number of hydrogen-bond donors (Lipinski definition) is 0. The monoisotopic (exact) mass is 377 g/mol. The van der Waals surface area contributed by atoms with Gasteiger partial charge in [0.15, 0.2) is 0 Å². The molecular weight excluding hydrogens is 350 g/mol. The van der Waals surface area contributed by atoms with Gasteiger partial charge in [-0.25, -0.2) is 4.98 Å². The molecule has 0 saturated carbocycles. The minimum atomic E-state index is -0.285. The predicted molar refractivity (Wildman–Crippen MR) is 113 cm³/mol. The van der Waals surface area contributed by atoms with Crippen LogP contribution in [0.3, 0.4) is 0 Å². The van der Waals surface area contributed by atoms with Crippen LogP contribution in [0.25, 0.3) is 11.0 Å². The molecule has 0 N–H and O–H groups in total. The summed E-state index contributed by atoms with van der Waals surface area (Å²) in [6.45, 7) is 7.70. The van der Waals surface area contributed by atoms with E-state index in [1.807, 2.05) is 50.2 Å². The molecule has 0 unspecified atom stereocenters. The Hall–Kier alpha value is -2.95. The van der Waals surface area contributed by atoms with Gasteiger partial charge in [-0.15, -0.1) is 0 Å². The van der Waals surface area contributed by atoms with Gasteiger partial charge in [0.05, 0.1) is 6.54 Å². The first-order valence-electron chi connectivity index (χ1n) is 9.88. The Morgan fingerprint density at radius 1 is 1.14 bits per heavy atom. The minimum absolute atomic E-state index is 0.204. The molecule has 3 aromatic rings. The minimum Gasteiger partial charge on any atom is -0.339 e. The number of unbranched alkanes of at least 4 members (excludes halogenated alkanes) is 1. The molecule has 0 aliphatic heterocycles. The highest BCUT2D eigenvalue weighted by Gasteiger charge is 2.20. The smallest absolute Gasteiger partial charge is 0.265 e. The van der Waals surface area contributed by atoms with Crippen LogP contribution in [0.1, 0.15) is 48.2 Å². The Kier molecular flexibility index (Phi) is 6.24. The molecule has 0 spiro atoms. The van der Waals surface area contributed by atoms with E-state index in [4.69, 9.17) is 0 Å². The molecule has 28 heavy (non-hydrogen) atoms. The normalized spacial score (nSPS) is 11.0. The molecular formula is C23H27N3O2. The lowest BCUT2D eigenvalue weighted by molar-refractivity contribution is 0.0760. The largest absolute Gasteiger partial charge is 0.339 e. The van der Waals surface area contributed by atoms with Crippen LogP contribution >= 0.6 is 0 Å². The third kappa shape index (κ3) is 4.14. The highest BCUT2D eigenvalue weighted by Crippen LogP contribution is 2.15. The van der Waals surface area contributed by atoms with Crippen molar-refractivity contribution in [3.05, 3.63) is 75.7 Å². The Balaban J connectivity index is 2.09. The molecule has 0 aliphatic carbocycles. The Morgan fingerprint density at radius 3 is 2.57 bits per heavy atom. The number of carbonyl (C=O) groups is 1. The predicted octanol–water partition coefficient (Wildman–Crippen LogP) is 4.02. The molecule has 0 aliphatic rings. The number of fused-ring (bicyclic) bond motifs is 1. The average Bonchev–Trinajstić information content (AvgIpc) is 2.71. The summed E-state index contributed by atoms with van der Waals surface area (Å²) in [5.74, 6) is -0.204. The SMILES string of the molecule is CCCCN(CC)C(=O)c1cc2cccnc2n(Cc2ccc(C)cc2)c1=O. The summed E-state index contributed by atoms with van der Waals surface area (Å²) in [5.41, 5.74) is 2.69. The van der Waals surface area contributed by atoms with Crippen LogP contribution in [0, 0.1) is 6.92 Å². The van der Waals surface area contributed by atoms with E-state index in [-0.39, 0.29) is 17.0 Å². The van der Waals surface area contributed by atoms with Crippen LogP contribution in [-0.2, 0) is 6.54 Å². The molecule has 0 atom stereocenters. The number of carbonyl (C=O) groups excluding carboxylic acids is 1. The van der Waals surface area contributed by atoms with Crippen LogP contribution < -0.4 is 5.56 Å². The zero-order valence-electron chi connectivity index (χ0n) is 16.8. The summed E-state index contributed by atoms with van der Waals surface area (Å²) in [6, 6.07) is 13.5. The fraction of sp³-hybridized carbons (Fsp3) is 0.348. The maximum absolute atomic E-state index is 13.3. The number of benzene rings is 1. The summed E-state index contributed by atoms with van der Waals surface area (Å²) >= 11 is 0. The summed E-state index contributed by atoms with van der Waals surface area (Å²) < 4.78 is 1.61. The van der Waals surface area contributed by atoms with E-state index in [0.717, 1.165) is 29.4 Å². The lowest BCUT2D eigenvalue weighted by Gasteiger charge is -2.21. The lowest BCUT2D eigenvalue weighted by atomic mass is 10.1. The van der Waals surface area contributed by atoms with Crippen LogP contribution in [0.5, 0.6) is 0 Å². The molecule has 0 fully saturated rings. The van der Waals surface area contributed by atoms with Crippen molar-refractivity contribution >= 4 is 16.9 Å². The third-order valence-corrected chi connectivity index (χ3v) is 4.99. The molecule has 0 radical (unpaired) electrons. The standard InChI is InChI=1S/C23H27N3O2/c1-4-6-14-25(5-2)22(27)20-15-19-8-7-13-24-21(19)26(23(20)28)16-18-11-9-17(3)10-12-18/h7-13,15H,4-6,14,16H2,1-3H3. The van der Waals surface area contributed by atoms with E-state index in [9.17, 15) is 9.59 Å². The average molecular weight is 377 g/mol. The second-order valence-electron chi connectivity index (χ2n) is 7.09. The molecule has 1 amide bonds. The zero-order valence-corrected chi connectivity index (χ0v) is 16.8. The Labute approximate surface area is 165 Å². The van der Waals surface area contributed by atoms with Gasteiger partial charge in [0.1, 0.15) is 11.2 Å². The quantitative estimate of drug-likeness (QED) is 0.625. The Bertz CT molecular complexity index is 1020. The highest BCUT2D eigenvalue weighted by atomic mass is 16.2. The topological polar surface area (TPSA) is 55.2 Å². The highest BCUT2D eigenvalue weighted by molar-refractivity contribution is 5.96. The van der Waals surface area contributed by atoms with Crippen LogP contribution in [0.4, 0.5) is 0 Å². The van der Waals surface area contributed by atoms with E-state index < -0.39 is 0 Å². The van der Waals surface area contributed by atoms with E-state index in [0.29, 0.717) is 25.3 Å². The number of aromatic nitrogens is 2. The van der Waals surface area contributed by atoms with Crippen LogP contribution in [0.15, 0.2) is 53.5 Å². The summed E-state index contributed by atoms with van der Waals surface area (Å²) in [7, 11) is 0.